The standard InChI is InChI=1S/C21H28N2O2/c1-4-23(3)20-12-10-18(11-13-20)21(25)22-15-19(14-16(2)24)17-8-6-5-7-9-17/h5-13,16,19,24H,4,14-15H2,1-3H3,(H,22,25). The Morgan fingerprint density at radius 1 is 1.12 bits per heavy atom. The molecule has 0 radical (unpaired) electrons. The van der Waals surface area contributed by atoms with Crippen molar-refractivity contribution in [2.75, 3.05) is 25.0 Å². The number of nitrogens with one attached hydrogen (secondary N) is 1. The van der Waals surface area contributed by atoms with Crippen LogP contribution in [0.25, 0.3) is 0 Å². The molecule has 2 N–H and O–H groups in total. The second-order valence-corrected chi connectivity index (χ2v) is 6.46. The van der Waals surface area contributed by atoms with Crippen LogP contribution in [0, 0.1) is 0 Å². The smallest absolute Gasteiger partial charge is 0.251 e. The maximum absolute atomic E-state index is 12.4. The number of hydrogen-bond donors (Lipinski definition) is 2. The van der Waals surface area contributed by atoms with E-state index < -0.39 is 6.10 Å². The lowest BCUT2D eigenvalue weighted by Gasteiger charge is -2.20. The van der Waals surface area contributed by atoms with Crippen molar-refractivity contribution >= 4 is 11.6 Å². The van der Waals surface area contributed by atoms with Gasteiger partial charge in [0.15, 0.2) is 0 Å². The summed E-state index contributed by atoms with van der Waals surface area (Å²) in [6.07, 6.45) is 0.204. The van der Waals surface area contributed by atoms with Gasteiger partial charge in [-0.15, -0.1) is 0 Å². The van der Waals surface area contributed by atoms with Gasteiger partial charge in [0.2, 0.25) is 0 Å². The van der Waals surface area contributed by atoms with Crippen LogP contribution in [0.1, 0.15) is 42.1 Å². The Kier molecular flexibility index (Phi) is 7.02. The molecule has 0 heterocycles. The Hall–Kier alpha value is -2.33. The van der Waals surface area contributed by atoms with E-state index in [0.717, 1.165) is 17.8 Å². The van der Waals surface area contributed by atoms with E-state index in [1.807, 2.05) is 61.6 Å². The third-order valence-electron chi connectivity index (χ3n) is 4.45. The molecule has 0 aliphatic rings. The molecule has 0 saturated carbocycles. The number of nitrogens with zero attached hydrogens (tertiary/aromatic N) is 1. The van der Waals surface area contributed by atoms with Crippen LogP contribution in [0.15, 0.2) is 54.6 Å². The summed E-state index contributed by atoms with van der Waals surface area (Å²) in [5.74, 6) is 0.00729. The Bertz CT molecular complexity index is 653. The van der Waals surface area contributed by atoms with Crippen molar-refractivity contribution in [1.82, 2.24) is 5.32 Å². The summed E-state index contributed by atoms with van der Waals surface area (Å²) in [4.78, 5) is 14.6. The lowest BCUT2D eigenvalue weighted by Crippen LogP contribution is -2.29. The fourth-order valence-electron chi connectivity index (χ4n) is 2.84. The van der Waals surface area contributed by atoms with E-state index in [1.165, 1.54) is 0 Å². The van der Waals surface area contributed by atoms with Crippen LogP contribution in [-0.2, 0) is 0 Å². The first-order chi connectivity index (χ1) is 12.0. The highest BCUT2D eigenvalue weighted by molar-refractivity contribution is 5.94. The second kappa shape index (κ2) is 9.23. The molecule has 2 aromatic rings. The van der Waals surface area contributed by atoms with E-state index in [-0.39, 0.29) is 11.8 Å². The molecule has 4 nitrogen and oxygen atoms in total. The normalized spacial score (nSPS) is 13.1. The molecular formula is C21H28N2O2. The number of aliphatic hydroxyl groups excluding tert-OH is 1. The summed E-state index contributed by atoms with van der Waals surface area (Å²) in [6.45, 7) is 5.29. The van der Waals surface area contributed by atoms with Gasteiger partial charge < -0.3 is 15.3 Å². The molecule has 0 aliphatic heterocycles. The summed E-state index contributed by atoms with van der Waals surface area (Å²) in [6, 6.07) is 17.6. The number of carbonyl (C=O) groups is 1. The highest BCUT2D eigenvalue weighted by Gasteiger charge is 2.16. The molecular weight excluding hydrogens is 312 g/mol. The van der Waals surface area contributed by atoms with Crippen molar-refractivity contribution in [2.45, 2.75) is 32.3 Å². The van der Waals surface area contributed by atoms with Crippen LogP contribution >= 0.6 is 0 Å². The van der Waals surface area contributed by atoms with Gasteiger partial charge in [0, 0.05) is 37.3 Å². The van der Waals surface area contributed by atoms with E-state index >= 15 is 0 Å². The van der Waals surface area contributed by atoms with Crippen molar-refractivity contribution in [3.63, 3.8) is 0 Å². The fourth-order valence-corrected chi connectivity index (χ4v) is 2.84. The van der Waals surface area contributed by atoms with Crippen molar-refractivity contribution in [1.29, 1.82) is 0 Å². The summed E-state index contributed by atoms with van der Waals surface area (Å²) in [7, 11) is 2.02. The average molecular weight is 340 g/mol. The molecule has 0 bridgehead atoms. The lowest BCUT2D eigenvalue weighted by molar-refractivity contribution is 0.0945. The largest absolute Gasteiger partial charge is 0.393 e. The highest BCUT2D eigenvalue weighted by atomic mass is 16.3. The van der Waals surface area contributed by atoms with Crippen LogP contribution in [-0.4, -0.2) is 37.3 Å². The van der Waals surface area contributed by atoms with E-state index in [2.05, 4.69) is 17.1 Å². The van der Waals surface area contributed by atoms with Gasteiger partial charge in [-0.25, -0.2) is 0 Å². The van der Waals surface area contributed by atoms with Crippen molar-refractivity contribution < 1.29 is 9.90 Å². The van der Waals surface area contributed by atoms with E-state index in [4.69, 9.17) is 0 Å². The number of hydrogen-bond acceptors (Lipinski definition) is 3. The molecule has 0 spiro atoms. The van der Waals surface area contributed by atoms with E-state index in [9.17, 15) is 9.90 Å². The summed E-state index contributed by atoms with van der Waals surface area (Å²) >= 11 is 0. The monoisotopic (exact) mass is 340 g/mol. The zero-order valence-electron chi connectivity index (χ0n) is 15.3. The Morgan fingerprint density at radius 3 is 2.32 bits per heavy atom. The third-order valence-corrected chi connectivity index (χ3v) is 4.45. The zero-order chi connectivity index (χ0) is 18.2. The number of rotatable bonds is 8. The zero-order valence-corrected chi connectivity index (χ0v) is 15.3. The fraction of sp³-hybridized carbons (Fsp3) is 0.381. The summed E-state index contributed by atoms with van der Waals surface area (Å²) in [5.41, 5.74) is 2.87. The van der Waals surface area contributed by atoms with Crippen molar-refractivity contribution in [2.24, 2.45) is 0 Å². The van der Waals surface area contributed by atoms with Gasteiger partial charge in [0.1, 0.15) is 0 Å². The second-order valence-electron chi connectivity index (χ2n) is 6.46. The van der Waals surface area contributed by atoms with Crippen LogP contribution < -0.4 is 10.2 Å². The summed E-state index contributed by atoms with van der Waals surface area (Å²) < 4.78 is 0. The maximum atomic E-state index is 12.4. The number of anilines is 1. The predicted octanol–water partition coefficient (Wildman–Crippen LogP) is 3.43. The molecule has 0 aromatic heterocycles. The van der Waals surface area contributed by atoms with Gasteiger partial charge in [-0.1, -0.05) is 30.3 Å². The first-order valence-electron chi connectivity index (χ1n) is 8.83. The SMILES string of the molecule is CCN(C)c1ccc(C(=O)NCC(CC(C)O)c2ccccc2)cc1. The van der Waals surface area contributed by atoms with Crippen LogP contribution in [0.4, 0.5) is 5.69 Å². The molecule has 0 saturated heterocycles. The first-order valence-corrected chi connectivity index (χ1v) is 8.83. The van der Waals surface area contributed by atoms with Gasteiger partial charge in [-0.05, 0) is 50.1 Å². The van der Waals surface area contributed by atoms with Crippen LogP contribution in [0.3, 0.4) is 0 Å². The Labute approximate surface area is 150 Å². The molecule has 25 heavy (non-hydrogen) atoms. The van der Waals surface area contributed by atoms with Crippen molar-refractivity contribution in [3.8, 4) is 0 Å². The molecule has 134 valence electrons. The highest BCUT2D eigenvalue weighted by Crippen LogP contribution is 2.21. The van der Waals surface area contributed by atoms with Gasteiger partial charge in [-0.3, -0.25) is 4.79 Å². The predicted molar refractivity (Wildman–Crippen MR) is 103 cm³/mol. The molecule has 4 heteroatoms. The van der Waals surface area contributed by atoms with Gasteiger partial charge >= 0.3 is 0 Å². The lowest BCUT2D eigenvalue weighted by atomic mass is 9.93. The molecule has 2 unspecified atom stereocenters. The number of carbonyl (C=O) groups excluding carboxylic acids is 1. The Morgan fingerprint density at radius 2 is 1.76 bits per heavy atom. The number of amides is 1. The first kappa shape index (κ1) is 19.0. The Balaban J connectivity index is 2.00. The molecule has 2 rings (SSSR count). The van der Waals surface area contributed by atoms with E-state index in [1.54, 1.807) is 6.92 Å². The van der Waals surface area contributed by atoms with E-state index in [0.29, 0.717) is 18.5 Å². The minimum Gasteiger partial charge on any atom is -0.393 e. The third kappa shape index (κ3) is 5.61. The van der Waals surface area contributed by atoms with Gasteiger partial charge in [0.05, 0.1) is 6.10 Å². The molecule has 2 atom stereocenters. The minimum atomic E-state index is -0.411. The average Bonchev–Trinajstić information content (AvgIpc) is 2.64. The molecule has 1 amide bonds. The molecule has 0 aliphatic carbocycles. The number of aliphatic hydroxyl groups is 1. The topological polar surface area (TPSA) is 52.6 Å². The van der Waals surface area contributed by atoms with Crippen molar-refractivity contribution in [3.05, 3.63) is 65.7 Å². The van der Waals surface area contributed by atoms with Crippen LogP contribution in [0.5, 0.6) is 0 Å². The minimum absolute atomic E-state index is 0.0859. The van der Waals surface area contributed by atoms with Gasteiger partial charge in [-0.2, -0.15) is 0 Å². The number of benzene rings is 2. The quantitative estimate of drug-likeness (QED) is 0.774. The summed E-state index contributed by atoms with van der Waals surface area (Å²) in [5, 5.41) is 12.8. The maximum Gasteiger partial charge on any atom is 0.251 e. The van der Waals surface area contributed by atoms with Crippen LogP contribution in [0.2, 0.25) is 0 Å². The van der Waals surface area contributed by atoms with Gasteiger partial charge in [0.25, 0.3) is 5.91 Å². The molecule has 2 aromatic carbocycles. The molecule has 0 fully saturated rings.